The van der Waals surface area contributed by atoms with E-state index in [0.29, 0.717) is 28.4 Å². The lowest BCUT2D eigenvalue weighted by molar-refractivity contribution is 0.0179. The number of nitrogen functional groups attached to an aromatic ring is 1. The van der Waals surface area contributed by atoms with Gasteiger partial charge in [-0.2, -0.15) is 5.10 Å². The number of hydrogen-bond donors (Lipinski definition) is 1. The van der Waals surface area contributed by atoms with Crippen molar-refractivity contribution in [2.24, 2.45) is 7.05 Å². The molecule has 0 bridgehead atoms. The van der Waals surface area contributed by atoms with Crippen molar-refractivity contribution in [3.8, 4) is 22.6 Å². The van der Waals surface area contributed by atoms with Crippen molar-refractivity contribution in [2.45, 2.75) is 12.8 Å². The number of benzene rings is 1. The Labute approximate surface area is 113 Å². The number of nitrogens with two attached hydrogens (primary N) is 1. The molecule has 7 heteroatoms. The van der Waals surface area contributed by atoms with Crippen LogP contribution in [0.25, 0.3) is 11.1 Å². The Kier molecular flexibility index (Phi) is 2.60. The van der Waals surface area contributed by atoms with Gasteiger partial charge in [-0.25, -0.2) is 8.78 Å². The maximum absolute atomic E-state index is 13.8. The molecule has 2 N–H and O–H groups in total. The molecule has 0 atom stereocenters. The lowest BCUT2D eigenvalue weighted by Crippen LogP contribution is -2.09. The van der Waals surface area contributed by atoms with Gasteiger partial charge in [0.15, 0.2) is 11.5 Å². The van der Waals surface area contributed by atoms with E-state index < -0.39 is 5.92 Å². The molecule has 1 aromatic carbocycles. The van der Waals surface area contributed by atoms with Crippen LogP contribution in [-0.4, -0.2) is 16.6 Å². The van der Waals surface area contributed by atoms with Crippen molar-refractivity contribution in [3.63, 3.8) is 0 Å². The van der Waals surface area contributed by atoms with Crippen molar-refractivity contribution >= 4 is 5.82 Å². The number of ether oxygens (including phenoxy) is 2. The highest BCUT2D eigenvalue weighted by molar-refractivity contribution is 5.79. The number of alkyl halides is 2. The molecule has 5 nitrogen and oxygen atoms in total. The van der Waals surface area contributed by atoms with Crippen LogP contribution in [0.15, 0.2) is 18.3 Å². The van der Waals surface area contributed by atoms with Crippen LogP contribution in [-0.2, 0) is 13.0 Å². The summed E-state index contributed by atoms with van der Waals surface area (Å²) in [5.74, 6) is -1.98. The Balaban J connectivity index is 2.26. The number of hydrogen-bond acceptors (Lipinski definition) is 4. The normalized spacial score (nSPS) is 13.8. The summed E-state index contributed by atoms with van der Waals surface area (Å²) in [5.41, 5.74) is 6.46. The summed E-state index contributed by atoms with van der Waals surface area (Å²) < 4.78 is 39.5. The maximum atomic E-state index is 13.8. The fraction of sp³-hybridized carbons (Fsp3) is 0.308. The van der Waals surface area contributed by atoms with Crippen LogP contribution in [0.3, 0.4) is 0 Å². The number of halogens is 2. The van der Waals surface area contributed by atoms with Crippen molar-refractivity contribution in [3.05, 3.63) is 23.9 Å². The summed E-state index contributed by atoms with van der Waals surface area (Å²) in [5, 5.41) is 3.98. The van der Waals surface area contributed by atoms with Crippen LogP contribution in [0.1, 0.15) is 12.5 Å². The Morgan fingerprint density at radius 3 is 2.45 bits per heavy atom. The highest BCUT2D eigenvalue weighted by Gasteiger charge is 2.32. The number of aryl methyl sites for hydroxylation is 1. The third-order valence-electron chi connectivity index (χ3n) is 3.26. The van der Waals surface area contributed by atoms with Gasteiger partial charge in [-0.15, -0.1) is 0 Å². The standard InChI is InChI=1S/C13H13F2N3O2/c1-13(14,15)9-4-11-10(19-6-20-11)3-7(9)8-5-17-18(2)12(8)16/h3-5H,6,16H2,1-2H3. The first-order valence-electron chi connectivity index (χ1n) is 5.97. The summed E-state index contributed by atoms with van der Waals surface area (Å²) in [6, 6.07) is 2.81. The molecular formula is C13H13F2N3O2. The quantitative estimate of drug-likeness (QED) is 0.918. The van der Waals surface area contributed by atoms with Gasteiger partial charge in [0.05, 0.1) is 6.20 Å². The highest BCUT2D eigenvalue weighted by atomic mass is 19.3. The van der Waals surface area contributed by atoms with E-state index in [-0.39, 0.29) is 12.4 Å². The fourth-order valence-corrected chi connectivity index (χ4v) is 2.18. The summed E-state index contributed by atoms with van der Waals surface area (Å²) in [4.78, 5) is 0. The van der Waals surface area contributed by atoms with Crippen molar-refractivity contribution in [1.82, 2.24) is 9.78 Å². The largest absolute Gasteiger partial charge is 0.454 e. The monoisotopic (exact) mass is 281 g/mol. The van der Waals surface area contributed by atoms with Crippen LogP contribution in [0.2, 0.25) is 0 Å². The Bertz CT molecular complexity index is 677. The first-order valence-corrected chi connectivity index (χ1v) is 5.97. The van der Waals surface area contributed by atoms with Gasteiger partial charge in [0.2, 0.25) is 6.79 Å². The molecule has 0 amide bonds. The zero-order valence-corrected chi connectivity index (χ0v) is 11.0. The van der Waals surface area contributed by atoms with Crippen molar-refractivity contribution in [2.75, 3.05) is 12.5 Å². The number of fused-ring (bicyclic) bond motifs is 1. The molecule has 0 spiro atoms. The van der Waals surface area contributed by atoms with E-state index in [1.807, 2.05) is 0 Å². The molecule has 2 aromatic rings. The average Bonchev–Trinajstić information content (AvgIpc) is 2.94. The molecule has 106 valence electrons. The van der Waals surface area contributed by atoms with E-state index >= 15 is 0 Å². The summed E-state index contributed by atoms with van der Waals surface area (Å²) in [6.07, 6.45) is 1.46. The smallest absolute Gasteiger partial charge is 0.271 e. The second-order valence-electron chi connectivity index (χ2n) is 4.71. The number of nitrogens with zero attached hydrogens (tertiary/aromatic N) is 2. The van der Waals surface area contributed by atoms with E-state index in [2.05, 4.69) is 5.10 Å². The van der Waals surface area contributed by atoms with E-state index in [1.165, 1.54) is 23.0 Å². The van der Waals surface area contributed by atoms with Crippen LogP contribution in [0.5, 0.6) is 11.5 Å². The van der Waals surface area contributed by atoms with Crippen LogP contribution < -0.4 is 15.2 Å². The minimum atomic E-state index is -3.03. The molecule has 0 saturated carbocycles. The van der Waals surface area contributed by atoms with E-state index in [1.54, 1.807) is 7.05 Å². The summed E-state index contributed by atoms with van der Waals surface area (Å²) >= 11 is 0. The highest BCUT2D eigenvalue weighted by Crippen LogP contribution is 2.45. The van der Waals surface area contributed by atoms with Gasteiger partial charge in [-0.3, -0.25) is 4.68 Å². The SMILES string of the molecule is Cn1ncc(-c2cc3c(cc2C(C)(F)F)OCO3)c1N. The maximum Gasteiger partial charge on any atom is 0.271 e. The predicted molar refractivity (Wildman–Crippen MR) is 68.7 cm³/mol. The molecular weight excluding hydrogens is 268 g/mol. The Morgan fingerprint density at radius 1 is 1.25 bits per heavy atom. The van der Waals surface area contributed by atoms with Gasteiger partial charge in [-0.05, 0) is 12.1 Å². The molecule has 0 aliphatic carbocycles. The third kappa shape index (κ3) is 1.86. The summed E-state index contributed by atoms with van der Waals surface area (Å²) in [6.45, 7) is 0.858. The number of anilines is 1. The molecule has 0 saturated heterocycles. The Morgan fingerprint density at radius 2 is 1.90 bits per heavy atom. The second kappa shape index (κ2) is 4.09. The van der Waals surface area contributed by atoms with Crippen LogP contribution in [0.4, 0.5) is 14.6 Å². The van der Waals surface area contributed by atoms with Crippen LogP contribution in [0, 0.1) is 0 Å². The van der Waals surface area contributed by atoms with E-state index in [4.69, 9.17) is 15.2 Å². The van der Waals surface area contributed by atoms with Crippen molar-refractivity contribution < 1.29 is 18.3 Å². The average molecular weight is 281 g/mol. The minimum absolute atomic E-state index is 0.0238. The fourth-order valence-electron chi connectivity index (χ4n) is 2.18. The number of rotatable bonds is 2. The summed E-state index contributed by atoms with van der Waals surface area (Å²) in [7, 11) is 1.65. The second-order valence-corrected chi connectivity index (χ2v) is 4.71. The lowest BCUT2D eigenvalue weighted by Gasteiger charge is -2.16. The zero-order chi connectivity index (χ0) is 14.5. The van der Waals surface area contributed by atoms with Gasteiger partial charge >= 0.3 is 0 Å². The minimum Gasteiger partial charge on any atom is -0.454 e. The molecule has 20 heavy (non-hydrogen) atoms. The predicted octanol–water partition coefficient (Wildman–Crippen LogP) is 2.51. The zero-order valence-electron chi connectivity index (χ0n) is 11.0. The molecule has 1 aromatic heterocycles. The van der Waals surface area contributed by atoms with Gasteiger partial charge < -0.3 is 15.2 Å². The number of aromatic nitrogens is 2. The van der Waals surface area contributed by atoms with E-state index in [9.17, 15) is 8.78 Å². The van der Waals surface area contributed by atoms with Gasteiger partial charge in [-0.1, -0.05) is 0 Å². The first-order chi connectivity index (χ1) is 9.38. The molecule has 0 fully saturated rings. The molecule has 3 rings (SSSR count). The molecule has 0 unspecified atom stereocenters. The molecule has 1 aliphatic rings. The van der Waals surface area contributed by atoms with Gasteiger partial charge in [0, 0.05) is 30.7 Å². The van der Waals surface area contributed by atoms with Gasteiger partial charge in [0.25, 0.3) is 5.92 Å². The molecule has 0 radical (unpaired) electrons. The first kappa shape index (κ1) is 12.7. The molecule has 1 aliphatic heterocycles. The van der Waals surface area contributed by atoms with Crippen molar-refractivity contribution in [1.29, 1.82) is 0 Å². The third-order valence-corrected chi connectivity index (χ3v) is 3.26. The van der Waals surface area contributed by atoms with E-state index in [0.717, 1.165) is 6.92 Å². The Hall–Kier alpha value is -2.31. The lowest BCUT2D eigenvalue weighted by atomic mass is 9.97. The van der Waals surface area contributed by atoms with Crippen LogP contribution >= 0.6 is 0 Å². The molecule has 2 heterocycles. The topological polar surface area (TPSA) is 62.3 Å². The van der Waals surface area contributed by atoms with Gasteiger partial charge in [0.1, 0.15) is 5.82 Å².